The molecule has 2 rings (SSSR count). The predicted molar refractivity (Wildman–Crippen MR) is 72.4 cm³/mol. The molecule has 0 saturated heterocycles. The molecule has 0 aliphatic carbocycles. The number of carbonyl (C=O) groups excluding carboxylic acids is 1. The van der Waals surface area contributed by atoms with E-state index in [1.807, 2.05) is 0 Å². The lowest BCUT2D eigenvalue weighted by atomic mass is 10.0. The summed E-state index contributed by atoms with van der Waals surface area (Å²) in [5, 5.41) is 0.449. The predicted octanol–water partition coefficient (Wildman–Crippen LogP) is 3.91. The average molecular weight is 279 g/mol. The summed E-state index contributed by atoms with van der Waals surface area (Å²) in [6.07, 6.45) is 0.141. The minimum Gasteiger partial charge on any atom is -0.495 e. The molecule has 0 atom stereocenters. The zero-order valence-corrected chi connectivity index (χ0v) is 11.1. The molecule has 0 heterocycles. The fraction of sp³-hybridized carbons (Fsp3) is 0.133. The number of ketones is 1. The van der Waals surface area contributed by atoms with E-state index in [1.165, 1.54) is 19.2 Å². The summed E-state index contributed by atoms with van der Waals surface area (Å²) in [5.41, 5.74) is 1.13. The monoisotopic (exact) mass is 278 g/mol. The molecule has 98 valence electrons. The van der Waals surface area contributed by atoms with Crippen molar-refractivity contribution < 1.29 is 13.9 Å². The molecule has 0 fully saturated rings. The van der Waals surface area contributed by atoms with Crippen molar-refractivity contribution in [1.29, 1.82) is 0 Å². The van der Waals surface area contributed by atoms with Gasteiger partial charge in [-0.15, -0.1) is 0 Å². The first-order chi connectivity index (χ1) is 9.10. The Hall–Kier alpha value is -1.87. The average Bonchev–Trinajstić information content (AvgIpc) is 2.39. The first-order valence-corrected chi connectivity index (χ1v) is 6.09. The van der Waals surface area contributed by atoms with E-state index in [9.17, 15) is 9.18 Å². The van der Waals surface area contributed by atoms with Crippen molar-refractivity contribution in [3.8, 4) is 5.75 Å². The molecule has 0 aliphatic heterocycles. The van der Waals surface area contributed by atoms with Gasteiger partial charge < -0.3 is 4.74 Å². The van der Waals surface area contributed by atoms with Gasteiger partial charge in [0, 0.05) is 12.0 Å². The van der Waals surface area contributed by atoms with Crippen molar-refractivity contribution in [1.82, 2.24) is 0 Å². The normalized spacial score (nSPS) is 10.3. The largest absolute Gasteiger partial charge is 0.495 e. The van der Waals surface area contributed by atoms with Crippen LogP contribution in [0, 0.1) is 5.82 Å². The minimum atomic E-state index is -0.348. The van der Waals surface area contributed by atoms with E-state index >= 15 is 0 Å². The van der Waals surface area contributed by atoms with Gasteiger partial charge in [0.05, 0.1) is 12.1 Å². The van der Waals surface area contributed by atoms with Gasteiger partial charge in [-0.25, -0.2) is 4.39 Å². The number of hydrogen-bond donors (Lipinski definition) is 0. The van der Waals surface area contributed by atoms with Crippen molar-refractivity contribution in [3.05, 3.63) is 64.4 Å². The van der Waals surface area contributed by atoms with Gasteiger partial charge in [-0.05, 0) is 35.9 Å². The topological polar surface area (TPSA) is 26.3 Å². The fourth-order valence-corrected chi connectivity index (χ4v) is 1.96. The first-order valence-electron chi connectivity index (χ1n) is 5.71. The number of benzene rings is 2. The maximum absolute atomic E-state index is 13.0. The highest BCUT2D eigenvalue weighted by atomic mass is 35.5. The van der Waals surface area contributed by atoms with E-state index in [2.05, 4.69) is 0 Å². The molecule has 0 radical (unpaired) electrons. The third-order valence-corrected chi connectivity index (χ3v) is 3.04. The Bertz CT molecular complexity index is 611. The van der Waals surface area contributed by atoms with Crippen LogP contribution in [0.4, 0.5) is 4.39 Å². The van der Waals surface area contributed by atoms with E-state index in [-0.39, 0.29) is 18.0 Å². The lowest BCUT2D eigenvalue weighted by molar-refractivity contribution is 0.0992. The standard InChI is InChI=1S/C15H12ClFO2/c1-19-15-9-11(5-6-13(15)16)14(18)8-10-3-2-4-12(17)7-10/h2-7,9H,8H2,1H3. The summed E-state index contributed by atoms with van der Waals surface area (Å²) >= 11 is 5.90. The number of carbonyl (C=O) groups is 1. The summed E-state index contributed by atoms with van der Waals surface area (Å²) in [4.78, 5) is 12.1. The van der Waals surface area contributed by atoms with Gasteiger partial charge in [-0.2, -0.15) is 0 Å². The van der Waals surface area contributed by atoms with Gasteiger partial charge in [0.15, 0.2) is 5.78 Å². The lowest BCUT2D eigenvalue weighted by Gasteiger charge is -2.06. The van der Waals surface area contributed by atoms with Crippen LogP contribution in [0.15, 0.2) is 42.5 Å². The third kappa shape index (κ3) is 3.32. The van der Waals surface area contributed by atoms with Gasteiger partial charge in [0.25, 0.3) is 0 Å². The van der Waals surface area contributed by atoms with E-state index < -0.39 is 0 Å². The highest BCUT2D eigenvalue weighted by Crippen LogP contribution is 2.25. The summed E-state index contributed by atoms with van der Waals surface area (Å²) in [6, 6.07) is 10.8. The molecule has 0 bridgehead atoms. The Morgan fingerprint density at radius 1 is 1.26 bits per heavy atom. The molecule has 4 heteroatoms. The molecule has 0 aliphatic rings. The molecule has 19 heavy (non-hydrogen) atoms. The molecule has 0 aromatic heterocycles. The Kier molecular flexibility index (Phi) is 4.17. The Morgan fingerprint density at radius 3 is 2.74 bits per heavy atom. The number of Topliss-reactive ketones (excluding diaryl/α,β-unsaturated/α-hetero) is 1. The molecule has 2 aromatic rings. The fourth-order valence-electron chi connectivity index (χ4n) is 1.77. The van der Waals surface area contributed by atoms with Crippen molar-refractivity contribution in [2.45, 2.75) is 6.42 Å². The lowest BCUT2D eigenvalue weighted by Crippen LogP contribution is -2.04. The second-order valence-corrected chi connectivity index (χ2v) is 4.49. The second-order valence-electron chi connectivity index (χ2n) is 4.08. The summed E-state index contributed by atoms with van der Waals surface area (Å²) in [5.74, 6) is -0.00804. The molecular formula is C15H12ClFO2. The number of hydrogen-bond acceptors (Lipinski definition) is 2. The Morgan fingerprint density at radius 2 is 2.05 bits per heavy atom. The van der Waals surface area contributed by atoms with Gasteiger partial charge in [0.2, 0.25) is 0 Å². The molecular weight excluding hydrogens is 267 g/mol. The van der Waals surface area contributed by atoms with Gasteiger partial charge in [-0.3, -0.25) is 4.79 Å². The summed E-state index contributed by atoms with van der Waals surface area (Å²) < 4.78 is 18.1. The van der Waals surface area contributed by atoms with Gasteiger partial charge in [0.1, 0.15) is 11.6 Å². The number of halogens is 2. The summed E-state index contributed by atoms with van der Waals surface area (Å²) in [7, 11) is 1.49. The van der Waals surface area contributed by atoms with E-state index in [0.29, 0.717) is 21.9 Å². The molecule has 0 N–H and O–H groups in total. The van der Waals surface area contributed by atoms with Crippen LogP contribution in [-0.2, 0) is 6.42 Å². The van der Waals surface area contributed by atoms with E-state index in [1.54, 1.807) is 30.3 Å². The second kappa shape index (κ2) is 5.85. The van der Waals surface area contributed by atoms with Gasteiger partial charge >= 0.3 is 0 Å². The first kappa shape index (κ1) is 13.6. The smallest absolute Gasteiger partial charge is 0.167 e. The van der Waals surface area contributed by atoms with Crippen LogP contribution in [0.5, 0.6) is 5.75 Å². The maximum Gasteiger partial charge on any atom is 0.167 e. The van der Waals surface area contributed by atoms with E-state index in [4.69, 9.17) is 16.3 Å². The zero-order chi connectivity index (χ0) is 13.8. The van der Waals surface area contributed by atoms with Crippen molar-refractivity contribution in [2.75, 3.05) is 7.11 Å². The molecule has 0 saturated carbocycles. The third-order valence-electron chi connectivity index (χ3n) is 2.73. The van der Waals surface area contributed by atoms with Crippen LogP contribution in [0.3, 0.4) is 0 Å². The Balaban J connectivity index is 2.20. The quantitative estimate of drug-likeness (QED) is 0.793. The molecule has 0 spiro atoms. The number of methoxy groups -OCH3 is 1. The summed E-state index contributed by atoms with van der Waals surface area (Å²) in [6.45, 7) is 0. The van der Waals surface area contributed by atoms with Gasteiger partial charge in [-0.1, -0.05) is 23.7 Å². The van der Waals surface area contributed by atoms with Crippen LogP contribution in [0.25, 0.3) is 0 Å². The zero-order valence-electron chi connectivity index (χ0n) is 10.3. The van der Waals surface area contributed by atoms with Crippen molar-refractivity contribution in [3.63, 3.8) is 0 Å². The maximum atomic E-state index is 13.0. The van der Waals surface area contributed by atoms with E-state index in [0.717, 1.165) is 0 Å². The van der Waals surface area contributed by atoms with Crippen LogP contribution in [0.1, 0.15) is 15.9 Å². The van der Waals surface area contributed by atoms with Crippen LogP contribution in [-0.4, -0.2) is 12.9 Å². The van der Waals surface area contributed by atoms with Crippen LogP contribution >= 0.6 is 11.6 Å². The molecule has 2 aromatic carbocycles. The molecule has 0 unspecified atom stereocenters. The van der Waals surface area contributed by atoms with Crippen LogP contribution in [0.2, 0.25) is 5.02 Å². The van der Waals surface area contributed by atoms with Crippen LogP contribution < -0.4 is 4.74 Å². The highest BCUT2D eigenvalue weighted by molar-refractivity contribution is 6.32. The number of rotatable bonds is 4. The highest BCUT2D eigenvalue weighted by Gasteiger charge is 2.10. The molecule has 0 amide bonds. The number of ether oxygens (including phenoxy) is 1. The van der Waals surface area contributed by atoms with Crippen molar-refractivity contribution >= 4 is 17.4 Å². The molecule has 2 nitrogen and oxygen atoms in total. The minimum absolute atomic E-state index is 0.111. The Labute approximate surface area is 115 Å². The van der Waals surface area contributed by atoms with Crippen molar-refractivity contribution in [2.24, 2.45) is 0 Å². The SMILES string of the molecule is COc1cc(C(=O)Cc2cccc(F)c2)ccc1Cl.